The number of allylic oxidation sites excluding steroid dienone is 1. The van der Waals surface area contributed by atoms with Gasteiger partial charge in [0, 0.05) is 19.6 Å². The molecule has 3 aliphatic heterocycles. The zero-order valence-corrected chi connectivity index (χ0v) is 49.4. The number of carbonyl (C=O) groups excluding carboxylic acids is 12. The number of unbranched alkanes of at least 4 members (excludes halogenated alkanes) is 6. The van der Waals surface area contributed by atoms with Crippen LogP contribution in [0.3, 0.4) is 0 Å². The molecule has 0 aromatic heterocycles. The first-order valence-electron chi connectivity index (χ1n) is 29.1. The van der Waals surface area contributed by atoms with Gasteiger partial charge >= 0.3 is 17.9 Å². The molecule has 14 N–H and O–H groups in total. The van der Waals surface area contributed by atoms with Crippen LogP contribution in [0.15, 0.2) is 12.2 Å². The summed E-state index contributed by atoms with van der Waals surface area (Å²) < 4.78 is 0. The molecule has 0 radical (unpaired) electrons. The lowest BCUT2D eigenvalue weighted by atomic mass is 9.99. The minimum atomic E-state index is -1.90. The molecule has 0 saturated carbocycles. The number of hydrogen-bond acceptors (Lipinski definition) is 16. The highest BCUT2D eigenvalue weighted by molar-refractivity contribution is 6.00. The highest BCUT2D eigenvalue weighted by Crippen LogP contribution is 2.22. The lowest BCUT2D eigenvalue weighted by Crippen LogP contribution is -2.63. The van der Waals surface area contributed by atoms with Crippen LogP contribution in [0.4, 0.5) is 0 Å². The van der Waals surface area contributed by atoms with Crippen LogP contribution in [-0.4, -0.2) is 213 Å². The molecule has 3 rings (SSSR count). The largest absolute Gasteiger partial charge is 0.481 e. The molecule has 0 aromatic carbocycles. The van der Waals surface area contributed by atoms with Crippen molar-refractivity contribution in [2.75, 3.05) is 39.3 Å². The van der Waals surface area contributed by atoms with E-state index in [4.69, 9.17) is 0 Å². The van der Waals surface area contributed by atoms with Crippen LogP contribution in [0.1, 0.15) is 137 Å². The Morgan fingerprint density at radius 1 is 0.570 bits per heavy atom. The number of aliphatic carboxylic acids is 3. The molecule has 0 aromatic rings. The summed E-state index contributed by atoms with van der Waals surface area (Å²) in [5.41, 5.74) is 0. The van der Waals surface area contributed by atoms with E-state index in [0.29, 0.717) is 25.2 Å². The van der Waals surface area contributed by atoms with Crippen LogP contribution in [0.2, 0.25) is 0 Å². The van der Waals surface area contributed by atoms with E-state index in [1.807, 2.05) is 5.32 Å². The Bertz CT molecular complexity index is 2490. The second-order valence-corrected chi connectivity index (χ2v) is 22.3. The van der Waals surface area contributed by atoms with Gasteiger partial charge in [0.1, 0.15) is 48.3 Å². The molecule has 480 valence electrons. The van der Waals surface area contributed by atoms with Crippen molar-refractivity contribution < 1.29 is 92.3 Å². The summed E-state index contributed by atoms with van der Waals surface area (Å²) in [6.07, 6.45) is 6.72. The number of aliphatic hydroxyl groups excluding tert-OH is 1. The average Bonchev–Trinajstić information content (AvgIpc) is 1.96. The standard InChI is InChI=1S/C55H86N12O19/c1-30(2)17-12-10-8-6-7-9-11-13-20-39(69)60-35(25-45(77)78)50(81)63-36-26-56-51(82)38-19-16-22-67(38)55(86)46(31(3)4)65-53(84)47(32(5)68)64-42(72)29-58-49(80)34(24-44(75)76)61-40(70)27-57-48(79)33(23-43(73)74)62-41(71)28-59-52(83)37-18-14-15-21-66(37)54(36)85/h13,20,30-38,46-47,68H,6-12,14-19,21-29H2,1-5H3,(H,56,82)(H,57,79)(H,58,80)(H,59,83)(H,60,69)(H,61,70)(H,62,71)(H,63,81)(H,64,72)(H,65,84)(H,73,74)(H,75,76)(H,77,78)/b20-13+/t32-,33+,34+,35+,36+,37-,38+,46+,47-/m1/s1. The smallest absolute Gasteiger partial charge is 0.305 e. The number of carbonyl (C=O) groups is 15. The van der Waals surface area contributed by atoms with Crippen molar-refractivity contribution in [3.05, 3.63) is 12.2 Å². The van der Waals surface area contributed by atoms with E-state index in [1.54, 1.807) is 19.9 Å². The number of nitrogens with zero attached hydrogens (tertiary/aromatic N) is 2. The van der Waals surface area contributed by atoms with Gasteiger partial charge in [0.25, 0.3) is 0 Å². The fourth-order valence-corrected chi connectivity index (χ4v) is 9.77. The molecule has 0 bridgehead atoms. The maximum Gasteiger partial charge on any atom is 0.305 e. The SMILES string of the molecule is CC(C)CCCCCCCC/C=C/C(=O)N[C@@H](CC(=O)O)C(=O)N[C@H]1CNC(=O)[C@@H]2CCCN2C(=O)[C@H](C(C)C)NC(=O)[C@@H]([C@@H](C)O)NC(=O)CNC(=O)[C@H](CC(=O)O)NC(=O)CNC(=O)[C@H](CC(=O)O)NC(=O)CNC(=O)[C@H]2CCCCN2C1=O. The molecule has 3 heterocycles. The third-order valence-corrected chi connectivity index (χ3v) is 14.3. The molecule has 9 atom stereocenters. The summed E-state index contributed by atoms with van der Waals surface area (Å²) in [5, 5.41) is 62.2. The van der Waals surface area contributed by atoms with Crippen LogP contribution < -0.4 is 53.2 Å². The normalized spacial score (nSPS) is 24.0. The fourth-order valence-electron chi connectivity index (χ4n) is 9.77. The third kappa shape index (κ3) is 25.1. The van der Waals surface area contributed by atoms with E-state index < -0.39 is 195 Å². The maximum atomic E-state index is 14.8. The summed E-state index contributed by atoms with van der Waals surface area (Å²) >= 11 is 0. The zero-order valence-electron chi connectivity index (χ0n) is 49.4. The molecular formula is C55H86N12O19. The molecule has 86 heavy (non-hydrogen) atoms. The number of hydrogen-bond donors (Lipinski definition) is 14. The average molecular weight is 1220 g/mol. The Labute approximate surface area is 497 Å². The van der Waals surface area contributed by atoms with Gasteiger partial charge in [-0.2, -0.15) is 0 Å². The van der Waals surface area contributed by atoms with Gasteiger partial charge in [-0.15, -0.1) is 0 Å². The van der Waals surface area contributed by atoms with Crippen molar-refractivity contribution in [3.63, 3.8) is 0 Å². The Hall–Kier alpha value is -8.25. The number of carboxylic acid groups (broad SMARTS) is 3. The van der Waals surface area contributed by atoms with Gasteiger partial charge in [-0.1, -0.05) is 72.3 Å². The van der Waals surface area contributed by atoms with Gasteiger partial charge in [0.05, 0.1) is 45.0 Å². The van der Waals surface area contributed by atoms with E-state index in [-0.39, 0.29) is 32.4 Å². The highest BCUT2D eigenvalue weighted by Gasteiger charge is 2.42. The number of carboxylic acids is 3. The van der Waals surface area contributed by atoms with E-state index in [9.17, 15) is 92.3 Å². The number of amides is 12. The first-order chi connectivity index (χ1) is 40.6. The summed E-state index contributed by atoms with van der Waals surface area (Å²) in [4.78, 5) is 202. The predicted octanol–water partition coefficient (Wildman–Crippen LogP) is -3.46. The van der Waals surface area contributed by atoms with Crippen molar-refractivity contribution in [1.29, 1.82) is 0 Å². The summed E-state index contributed by atoms with van der Waals surface area (Å²) in [6, 6.07) is -13.2. The molecule has 12 amide bonds. The van der Waals surface area contributed by atoms with E-state index >= 15 is 0 Å². The quantitative estimate of drug-likeness (QED) is 0.0392. The van der Waals surface area contributed by atoms with Gasteiger partial charge < -0.3 is 83.4 Å². The second kappa shape index (κ2) is 36.6. The molecule has 31 nitrogen and oxygen atoms in total. The number of nitrogens with one attached hydrogen (secondary N) is 10. The number of piperidine rings is 1. The van der Waals surface area contributed by atoms with Gasteiger partial charge in [-0.05, 0) is 69.8 Å². The number of aliphatic hydroxyl groups is 1. The fraction of sp³-hybridized carbons (Fsp3) is 0.691. The molecule has 3 saturated heterocycles. The Kier molecular flexibility index (Phi) is 30.6. The Morgan fingerprint density at radius 2 is 1.07 bits per heavy atom. The summed E-state index contributed by atoms with van der Waals surface area (Å²) in [5.74, 6) is -17.4. The molecule has 3 fully saturated rings. The molecule has 0 aliphatic carbocycles. The van der Waals surface area contributed by atoms with Crippen LogP contribution in [0, 0.1) is 11.8 Å². The Morgan fingerprint density at radius 3 is 1.60 bits per heavy atom. The first kappa shape index (κ1) is 72.0. The summed E-state index contributed by atoms with van der Waals surface area (Å²) in [7, 11) is 0. The minimum Gasteiger partial charge on any atom is -0.481 e. The van der Waals surface area contributed by atoms with Crippen molar-refractivity contribution in [2.24, 2.45) is 11.8 Å². The van der Waals surface area contributed by atoms with Crippen LogP contribution in [0.25, 0.3) is 0 Å². The maximum absolute atomic E-state index is 14.8. The van der Waals surface area contributed by atoms with Gasteiger partial charge in [0.2, 0.25) is 70.9 Å². The number of fused-ring (bicyclic) bond motifs is 2. The lowest BCUT2D eigenvalue weighted by Gasteiger charge is -2.37. The minimum absolute atomic E-state index is 0.0199. The van der Waals surface area contributed by atoms with Crippen molar-refractivity contribution in [3.8, 4) is 0 Å². The molecule has 3 aliphatic rings. The van der Waals surface area contributed by atoms with E-state index in [0.717, 1.165) is 67.7 Å². The zero-order chi connectivity index (χ0) is 64.2. The summed E-state index contributed by atoms with van der Waals surface area (Å²) in [6.45, 7) is 4.80. The van der Waals surface area contributed by atoms with Crippen LogP contribution >= 0.6 is 0 Å². The van der Waals surface area contributed by atoms with Gasteiger partial charge in [0.15, 0.2) is 0 Å². The monoisotopic (exact) mass is 1220 g/mol. The van der Waals surface area contributed by atoms with Crippen LogP contribution in [-0.2, 0) is 71.9 Å². The Balaban J connectivity index is 2.01. The number of rotatable bonds is 21. The third-order valence-electron chi connectivity index (χ3n) is 14.3. The van der Waals surface area contributed by atoms with Crippen molar-refractivity contribution in [2.45, 2.75) is 192 Å². The van der Waals surface area contributed by atoms with Crippen molar-refractivity contribution in [1.82, 2.24) is 63.0 Å². The lowest BCUT2D eigenvalue weighted by molar-refractivity contribution is -0.146. The van der Waals surface area contributed by atoms with Crippen molar-refractivity contribution >= 4 is 88.8 Å². The van der Waals surface area contributed by atoms with E-state index in [1.165, 1.54) is 0 Å². The molecule has 0 spiro atoms. The first-order valence-corrected chi connectivity index (χ1v) is 29.1. The predicted molar refractivity (Wildman–Crippen MR) is 302 cm³/mol. The van der Waals surface area contributed by atoms with Crippen LogP contribution in [0.5, 0.6) is 0 Å². The second-order valence-electron chi connectivity index (χ2n) is 22.3. The van der Waals surface area contributed by atoms with Gasteiger partial charge in [-0.3, -0.25) is 71.9 Å². The molecular weight excluding hydrogens is 1130 g/mol. The van der Waals surface area contributed by atoms with E-state index in [2.05, 4.69) is 61.7 Å². The van der Waals surface area contributed by atoms with Gasteiger partial charge in [-0.25, -0.2) is 0 Å². The highest BCUT2D eigenvalue weighted by atomic mass is 16.4. The molecule has 0 unspecified atom stereocenters. The molecule has 31 heteroatoms. The topological polar surface area (TPSA) is 464 Å².